The Hall–Kier alpha value is -3.06. The van der Waals surface area contributed by atoms with Gasteiger partial charge in [0.05, 0.1) is 25.9 Å². The van der Waals surface area contributed by atoms with Crippen LogP contribution in [0.4, 0.5) is 0 Å². The summed E-state index contributed by atoms with van der Waals surface area (Å²) in [7, 11) is 0. The molecule has 0 bridgehead atoms. The Morgan fingerprint density at radius 3 is 1.47 bits per heavy atom. The predicted molar refractivity (Wildman–Crippen MR) is 178 cm³/mol. The van der Waals surface area contributed by atoms with Gasteiger partial charge in [-0.25, -0.2) is 0 Å². The number of ketones is 1. The Labute approximate surface area is 280 Å². The van der Waals surface area contributed by atoms with E-state index in [1.165, 1.54) is 58.3 Å². The maximum atomic E-state index is 12.0. The molecule has 0 heterocycles. The van der Waals surface area contributed by atoms with Gasteiger partial charge in [0, 0.05) is 38.8 Å². The van der Waals surface area contributed by atoms with Crippen molar-refractivity contribution in [2.45, 2.75) is 141 Å². The Bertz CT molecular complexity index is 884. The molecule has 0 fully saturated rings. The summed E-state index contributed by atoms with van der Waals surface area (Å²) in [6.45, 7) is 2.43. The van der Waals surface area contributed by atoms with Gasteiger partial charge < -0.3 is 35.6 Å². The molecule has 13 nitrogen and oxygen atoms in total. The number of carbonyl (C=O) groups excluding carboxylic acids is 4. The number of nitrogens with one attached hydrogen (secondary N) is 3. The molecule has 13 heteroatoms. The Kier molecular flexibility index (Phi) is 29.5. The molecule has 0 aromatic rings. The highest BCUT2D eigenvalue weighted by atomic mass is 16.5. The summed E-state index contributed by atoms with van der Waals surface area (Å²) in [6, 6.07) is -0.858. The van der Waals surface area contributed by atoms with Crippen LogP contribution in [-0.2, 0) is 38.2 Å². The van der Waals surface area contributed by atoms with Crippen LogP contribution in [0.5, 0.6) is 0 Å². The zero-order valence-electron chi connectivity index (χ0n) is 28.6. The number of Topliss-reactive ketones (excluding diaryl/α,β-unsaturated/α-hetero) is 1. The Morgan fingerprint density at radius 1 is 0.511 bits per heavy atom. The predicted octanol–water partition coefficient (Wildman–Crippen LogP) is 4.30. The first kappa shape index (κ1) is 43.9. The van der Waals surface area contributed by atoms with Crippen LogP contribution in [0.1, 0.15) is 135 Å². The second kappa shape index (κ2) is 31.5. The average Bonchev–Trinajstić information content (AvgIpc) is 3.01. The fourth-order valence-electron chi connectivity index (χ4n) is 4.86. The standard InChI is InChI=1S/C34H61N3O10/c1-28(38)29(20-21-34(44)45)37-32(41)27-47-26-25-46-24-23-36-31(40)18-16-22-35-30(39)17-14-12-10-8-6-4-2-3-5-7-9-11-13-15-19-33(42)43/h29H,2-27H2,1H3,(H,35,39)(H,36,40)(H,37,41)(H,42,43)(H,44,45). The molecule has 0 spiro atoms. The molecule has 0 aromatic heterocycles. The third kappa shape index (κ3) is 32.7. The van der Waals surface area contributed by atoms with Gasteiger partial charge in [-0.05, 0) is 32.6 Å². The van der Waals surface area contributed by atoms with Crippen LogP contribution in [0, 0.1) is 0 Å². The van der Waals surface area contributed by atoms with E-state index in [4.69, 9.17) is 19.7 Å². The van der Waals surface area contributed by atoms with E-state index in [-0.39, 0.29) is 63.3 Å². The number of unbranched alkanes of at least 4 members (excludes halogenated alkanes) is 13. The summed E-state index contributed by atoms with van der Waals surface area (Å²) in [6.07, 6.45) is 17.5. The molecule has 1 unspecified atom stereocenters. The zero-order chi connectivity index (χ0) is 35.0. The molecule has 0 rings (SSSR count). The second-order valence-corrected chi connectivity index (χ2v) is 12.0. The maximum Gasteiger partial charge on any atom is 0.303 e. The summed E-state index contributed by atoms with van der Waals surface area (Å²) in [5.41, 5.74) is 0. The zero-order valence-corrected chi connectivity index (χ0v) is 28.6. The van der Waals surface area contributed by atoms with Gasteiger partial charge in [-0.3, -0.25) is 28.8 Å². The number of aliphatic carboxylic acids is 2. The Balaban J connectivity index is 3.47. The first-order chi connectivity index (χ1) is 22.6. The number of hydrogen-bond donors (Lipinski definition) is 5. The van der Waals surface area contributed by atoms with Crippen molar-refractivity contribution >= 4 is 35.4 Å². The topological polar surface area (TPSA) is 197 Å². The van der Waals surface area contributed by atoms with Gasteiger partial charge in [0.25, 0.3) is 0 Å². The molecule has 0 aliphatic rings. The van der Waals surface area contributed by atoms with E-state index in [0.717, 1.165) is 38.5 Å². The molecule has 47 heavy (non-hydrogen) atoms. The fraction of sp³-hybridized carbons (Fsp3) is 0.824. The van der Waals surface area contributed by atoms with Crippen molar-refractivity contribution < 1.29 is 48.5 Å². The van der Waals surface area contributed by atoms with Gasteiger partial charge in [-0.15, -0.1) is 0 Å². The normalized spacial score (nSPS) is 11.5. The van der Waals surface area contributed by atoms with Crippen LogP contribution in [0.25, 0.3) is 0 Å². The number of ether oxygens (including phenoxy) is 2. The van der Waals surface area contributed by atoms with Crippen LogP contribution in [-0.4, -0.2) is 91.2 Å². The lowest BCUT2D eigenvalue weighted by atomic mass is 10.0. The third-order valence-corrected chi connectivity index (χ3v) is 7.59. The molecule has 0 aliphatic carbocycles. The van der Waals surface area contributed by atoms with Gasteiger partial charge in [0.2, 0.25) is 17.7 Å². The first-order valence-electron chi connectivity index (χ1n) is 17.5. The minimum absolute atomic E-state index is 0.0198. The molecule has 0 radical (unpaired) electrons. The highest BCUT2D eigenvalue weighted by molar-refractivity contribution is 5.88. The van der Waals surface area contributed by atoms with Gasteiger partial charge in [0.1, 0.15) is 6.61 Å². The van der Waals surface area contributed by atoms with Crippen LogP contribution in [0.2, 0.25) is 0 Å². The molecule has 1 atom stereocenters. The highest BCUT2D eigenvalue weighted by Gasteiger charge is 2.18. The molecule has 0 saturated heterocycles. The van der Waals surface area contributed by atoms with Crippen molar-refractivity contribution in [3.05, 3.63) is 0 Å². The van der Waals surface area contributed by atoms with E-state index in [1.54, 1.807) is 0 Å². The SMILES string of the molecule is CC(=O)C(CCC(=O)O)NC(=O)COCCOCCNC(=O)CCCNC(=O)CCCCCCCCCCCCCCCCC(=O)O. The largest absolute Gasteiger partial charge is 0.481 e. The fourth-order valence-corrected chi connectivity index (χ4v) is 4.86. The average molecular weight is 672 g/mol. The molecule has 0 aromatic carbocycles. The quantitative estimate of drug-likeness (QED) is 0.0615. The smallest absolute Gasteiger partial charge is 0.303 e. The van der Waals surface area contributed by atoms with E-state index in [2.05, 4.69) is 16.0 Å². The van der Waals surface area contributed by atoms with Crippen LogP contribution in [0.15, 0.2) is 0 Å². The van der Waals surface area contributed by atoms with Crippen LogP contribution in [0.3, 0.4) is 0 Å². The summed E-state index contributed by atoms with van der Waals surface area (Å²) in [5, 5.41) is 25.4. The number of amides is 3. The molecule has 3 amide bonds. The molecular weight excluding hydrogens is 610 g/mol. The Morgan fingerprint density at radius 2 is 0.957 bits per heavy atom. The number of carboxylic acid groups (broad SMARTS) is 2. The van der Waals surface area contributed by atoms with Crippen LogP contribution < -0.4 is 16.0 Å². The molecule has 0 saturated carbocycles. The lowest BCUT2D eigenvalue weighted by Crippen LogP contribution is -2.42. The summed E-state index contributed by atoms with van der Waals surface area (Å²) in [4.78, 5) is 68.5. The summed E-state index contributed by atoms with van der Waals surface area (Å²) in [5.74, 6) is -2.67. The van der Waals surface area contributed by atoms with Crippen molar-refractivity contribution in [3.8, 4) is 0 Å². The van der Waals surface area contributed by atoms with E-state index in [9.17, 15) is 28.8 Å². The molecular formula is C34H61N3O10. The van der Waals surface area contributed by atoms with Gasteiger partial charge >= 0.3 is 11.9 Å². The van der Waals surface area contributed by atoms with Gasteiger partial charge in [0.15, 0.2) is 5.78 Å². The number of hydrogen-bond acceptors (Lipinski definition) is 8. The minimum atomic E-state index is -1.04. The third-order valence-electron chi connectivity index (χ3n) is 7.59. The lowest BCUT2D eigenvalue weighted by molar-refractivity contribution is -0.138. The molecule has 0 aliphatic heterocycles. The van der Waals surface area contributed by atoms with Crippen LogP contribution >= 0.6 is 0 Å². The monoisotopic (exact) mass is 671 g/mol. The van der Waals surface area contributed by atoms with Crippen molar-refractivity contribution in [1.82, 2.24) is 16.0 Å². The number of carbonyl (C=O) groups is 6. The summed E-state index contributed by atoms with van der Waals surface area (Å²) >= 11 is 0. The number of rotatable bonds is 34. The van der Waals surface area contributed by atoms with E-state index in [0.29, 0.717) is 32.4 Å². The van der Waals surface area contributed by atoms with Gasteiger partial charge in [-0.1, -0.05) is 77.0 Å². The summed E-state index contributed by atoms with van der Waals surface area (Å²) < 4.78 is 10.6. The first-order valence-corrected chi connectivity index (χ1v) is 17.5. The molecule has 272 valence electrons. The van der Waals surface area contributed by atoms with Crippen molar-refractivity contribution in [2.24, 2.45) is 0 Å². The highest BCUT2D eigenvalue weighted by Crippen LogP contribution is 2.13. The number of carboxylic acids is 2. The van der Waals surface area contributed by atoms with Crippen molar-refractivity contribution in [3.63, 3.8) is 0 Å². The maximum absolute atomic E-state index is 12.0. The van der Waals surface area contributed by atoms with E-state index in [1.807, 2.05) is 0 Å². The van der Waals surface area contributed by atoms with Gasteiger partial charge in [-0.2, -0.15) is 0 Å². The minimum Gasteiger partial charge on any atom is -0.481 e. The molecule has 5 N–H and O–H groups in total. The van der Waals surface area contributed by atoms with E-state index >= 15 is 0 Å². The van der Waals surface area contributed by atoms with E-state index < -0.39 is 23.9 Å². The van der Waals surface area contributed by atoms with Crippen molar-refractivity contribution in [1.29, 1.82) is 0 Å². The lowest BCUT2D eigenvalue weighted by Gasteiger charge is -2.15. The second-order valence-electron chi connectivity index (χ2n) is 12.0. The van der Waals surface area contributed by atoms with Crippen molar-refractivity contribution in [2.75, 3.05) is 39.5 Å².